The number of aromatic nitrogens is 1. The number of nitrogens with zero attached hydrogens (tertiary/aromatic N) is 1. The number of ether oxygens (including phenoxy) is 2. The molecule has 0 spiro atoms. The van der Waals surface area contributed by atoms with Crippen LogP contribution in [0.25, 0.3) is 0 Å². The van der Waals surface area contributed by atoms with E-state index in [1.54, 1.807) is 24.3 Å². The predicted octanol–water partition coefficient (Wildman–Crippen LogP) is 2.84. The number of hydrazine groups is 1. The monoisotopic (exact) mass is 281 g/mol. The van der Waals surface area contributed by atoms with Crippen molar-refractivity contribution < 1.29 is 18.3 Å². The second kappa shape index (κ2) is 6.16. The molecule has 2 aromatic rings. The molecule has 106 valence electrons. The largest absolute Gasteiger partial charge is 0.494 e. The first-order chi connectivity index (χ1) is 9.63. The van der Waals surface area contributed by atoms with Crippen LogP contribution in [0.1, 0.15) is 6.92 Å². The molecule has 0 fully saturated rings. The lowest BCUT2D eigenvalue weighted by molar-refractivity contribution is 0.337. The average Bonchev–Trinajstić information content (AvgIpc) is 2.43. The molecule has 0 aliphatic carbocycles. The van der Waals surface area contributed by atoms with Gasteiger partial charge >= 0.3 is 0 Å². The highest BCUT2D eigenvalue weighted by Crippen LogP contribution is 2.27. The fourth-order valence-electron chi connectivity index (χ4n) is 1.53. The number of hydrogen-bond acceptors (Lipinski definition) is 5. The summed E-state index contributed by atoms with van der Waals surface area (Å²) < 4.78 is 37.3. The molecule has 0 aliphatic rings. The van der Waals surface area contributed by atoms with E-state index in [9.17, 15) is 8.78 Å². The summed E-state index contributed by atoms with van der Waals surface area (Å²) in [5, 5.41) is 0. The van der Waals surface area contributed by atoms with E-state index >= 15 is 0 Å². The average molecular weight is 281 g/mol. The minimum absolute atomic E-state index is 0.303. The summed E-state index contributed by atoms with van der Waals surface area (Å²) in [4.78, 5) is 3.61. The third kappa shape index (κ3) is 3.12. The molecule has 0 radical (unpaired) electrons. The van der Waals surface area contributed by atoms with Crippen LogP contribution >= 0.6 is 0 Å². The summed E-state index contributed by atoms with van der Waals surface area (Å²) in [6.45, 7) is 2.34. The Balaban J connectivity index is 2.27. The SMILES string of the molecule is CCOc1cccc(Oc2nc(NN)c(F)cc2F)c1. The van der Waals surface area contributed by atoms with Crippen LogP contribution in [0.15, 0.2) is 30.3 Å². The molecule has 5 nitrogen and oxygen atoms in total. The molecule has 0 amide bonds. The molecule has 0 saturated carbocycles. The van der Waals surface area contributed by atoms with E-state index in [2.05, 4.69) is 4.98 Å². The Kier molecular flexibility index (Phi) is 4.31. The summed E-state index contributed by atoms with van der Waals surface area (Å²) in [7, 11) is 0. The van der Waals surface area contributed by atoms with Crippen LogP contribution in [0.4, 0.5) is 14.6 Å². The van der Waals surface area contributed by atoms with Gasteiger partial charge in [0.2, 0.25) is 0 Å². The van der Waals surface area contributed by atoms with Crippen molar-refractivity contribution in [3.05, 3.63) is 42.0 Å². The van der Waals surface area contributed by atoms with Gasteiger partial charge in [-0.1, -0.05) is 6.07 Å². The van der Waals surface area contributed by atoms with Gasteiger partial charge < -0.3 is 14.9 Å². The number of halogens is 2. The highest BCUT2D eigenvalue weighted by atomic mass is 19.1. The summed E-state index contributed by atoms with van der Waals surface area (Å²) in [6, 6.07) is 7.23. The van der Waals surface area contributed by atoms with Gasteiger partial charge in [-0.3, -0.25) is 0 Å². The first-order valence-corrected chi connectivity index (χ1v) is 5.87. The molecule has 0 unspecified atom stereocenters. The van der Waals surface area contributed by atoms with Crippen LogP contribution in [0.2, 0.25) is 0 Å². The van der Waals surface area contributed by atoms with Crippen molar-refractivity contribution in [1.29, 1.82) is 0 Å². The molecule has 2 rings (SSSR count). The number of hydrogen-bond donors (Lipinski definition) is 2. The van der Waals surface area contributed by atoms with E-state index in [4.69, 9.17) is 15.3 Å². The fourth-order valence-corrected chi connectivity index (χ4v) is 1.53. The number of nitrogens with two attached hydrogens (primary N) is 1. The van der Waals surface area contributed by atoms with Crippen molar-refractivity contribution >= 4 is 5.82 Å². The molecule has 1 heterocycles. The third-order valence-corrected chi connectivity index (χ3v) is 2.37. The van der Waals surface area contributed by atoms with Crippen LogP contribution < -0.4 is 20.7 Å². The highest BCUT2D eigenvalue weighted by molar-refractivity contribution is 5.41. The molecular weight excluding hydrogens is 268 g/mol. The Morgan fingerprint density at radius 3 is 2.65 bits per heavy atom. The van der Waals surface area contributed by atoms with Crippen molar-refractivity contribution in [1.82, 2.24) is 4.98 Å². The molecule has 0 bridgehead atoms. The van der Waals surface area contributed by atoms with Gasteiger partial charge in [0.05, 0.1) is 6.61 Å². The third-order valence-electron chi connectivity index (χ3n) is 2.37. The molecule has 0 aliphatic heterocycles. The number of nitrogens with one attached hydrogen (secondary N) is 1. The molecule has 1 aromatic heterocycles. The van der Waals surface area contributed by atoms with Crippen LogP contribution in [-0.4, -0.2) is 11.6 Å². The lowest BCUT2D eigenvalue weighted by atomic mass is 10.3. The molecule has 0 atom stereocenters. The summed E-state index contributed by atoms with van der Waals surface area (Å²) >= 11 is 0. The number of nitrogen functional groups attached to an aromatic ring is 1. The minimum atomic E-state index is -0.927. The Morgan fingerprint density at radius 1 is 1.20 bits per heavy atom. The summed E-state index contributed by atoms with van der Waals surface area (Å²) in [5.41, 5.74) is 2.02. The number of anilines is 1. The zero-order valence-corrected chi connectivity index (χ0v) is 10.7. The Bertz CT molecular complexity index is 608. The van der Waals surface area contributed by atoms with Gasteiger partial charge in [0.25, 0.3) is 5.88 Å². The smallest absolute Gasteiger partial charge is 0.258 e. The lowest BCUT2D eigenvalue weighted by Gasteiger charge is -2.09. The highest BCUT2D eigenvalue weighted by Gasteiger charge is 2.13. The summed E-state index contributed by atoms with van der Waals surface area (Å²) in [6.07, 6.45) is 0. The summed E-state index contributed by atoms with van der Waals surface area (Å²) in [5.74, 6) is 3.45. The molecule has 3 N–H and O–H groups in total. The van der Waals surface area contributed by atoms with E-state index in [0.29, 0.717) is 24.2 Å². The van der Waals surface area contributed by atoms with Gasteiger partial charge in [-0.25, -0.2) is 14.6 Å². The van der Waals surface area contributed by atoms with E-state index in [-0.39, 0.29) is 11.7 Å². The van der Waals surface area contributed by atoms with E-state index in [1.807, 2.05) is 12.3 Å². The fraction of sp³-hybridized carbons (Fsp3) is 0.154. The van der Waals surface area contributed by atoms with Crippen LogP contribution in [-0.2, 0) is 0 Å². The quantitative estimate of drug-likeness (QED) is 0.651. The molecular formula is C13H13F2N3O2. The molecule has 1 aromatic carbocycles. The zero-order chi connectivity index (χ0) is 14.5. The first-order valence-electron chi connectivity index (χ1n) is 5.87. The van der Waals surface area contributed by atoms with Crippen LogP contribution in [0, 0.1) is 11.6 Å². The maximum Gasteiger partial charge on any atom is 0.258 e. The van der Waals surface area contributed by atoms with E-state index < -0.39 is 11.6 Å². The second-order valence-corrected chi connectivity index (χ2v) is 3.76. The van der Waals surface area contributed by atoms with Gasteiger partial charge in [-0.15, -0.1) is 0 Å². The lowest BCUT2D eigenvalue weighted by Crippen LogP contribution is -2.11. The Hall–Kier alpha value is -2.41. The van der Waals surface area contributed by atoms with Crippen molar-refractivity contribution in [3.8, 4) is 17.4 Å². The predicted molar refractivity (Wildman–Crippen MR) is 69.6 cm³/mol. The molecule has 20 heavy (non-hydrogen) atoms. The van der Waals surface area contributed by atoms with Crippen molar-refractivity contribution in [2.24, 2.45) is 5.84 Å². The van der Waals surface area contributed by atoms with E-state index in [1.165, 1.54) is 0 Å². The van der Waals surface area contributed by atoms with Gasteiger partial charge in [0.15, 0.2) is 17.5 Å². The number of rotatable bonds is 5. The van der Waals surface area contributed by atoms with Gasteiger partial charge in [0, 0.05) is 12.1 Å². The van der Waals surface area contributed by atoms with Crippen molar-refractivity contribution in [3.63, 3.8) is 0 Å². The first kappa shape index (κ1) is 14.0. The topological polar surface area (TPSA) is 69.4 Å². The number of pyridine rings is 1. The molecule has 7 heteroatoms. The maximum atomic E-state index is 13.6. The Labute approximate surface area is 114 Å². The van der Waals surface area contributed by atoms with Crippen molar-refractivity contribution in [2.75, 3.05) is 12.0 Å². The second-order valence-electron chi connectivity index (χ2n) is 3.76. The van der Waals surface area contributed by atoms with Crippen LogP contribution in [0.5, 0.6) is 17.4 Å². The standard InChI is InChI=1S/C13H13F2N3O2/c1-2-19-8-4-3-5-9(6-8)20-13-11(15)7-10(14)12(17-13)18-16/h3-7H,2,16H2,1H3,(H,17,18). The van der Waals surface area contributed by atoms with Crippen LogP contribution in [0.3, 0.4) is 0 Å². The number of benzene rings is 1. The minimum Gasteiger partial charge on any atom is -0.494 e. The molecule has 0 saturated heterocycles. The van der Waals surface area contributed by atoms with Gasteiger partial charge in [-0.2, -0.15) is 4.98 Å². The van der Waals surface area contributed by atoms with Gasteiger partial charge in [-0.05, 0) is 19.1 Å². The maximum absolute atomic E-state index is 13.6. The zero-order valence-electron chi connectivity index (χ0n) is 10.7. The Morgan fingerprint density at radius 2 is 1.95 bits per heavy atom. The van der Waals surface area contributed by atoms with E-state index in [0.717, 1.165) is 0 Å². The van der Waals surface area contributed by atoms with Gasteiger partial charge in [0.1, 0.15) is 11.5 Å². The van der Waals surface area contributed by atoms with Crippen molar-refractivity contribution in [2.45, 2.75) is 6.92 Å². The normalized spacial score (nSPS) is 10.2.